The quantitative estimate of drug-likeness (QED) is 0.808. The number of morpholine rings is 1. The lowest BCUT2D eigenvalue weighted by Gasteiger charge is -2.38. The molecule has 25 heavy (non-hydrogen) atoms. The summed E-state index contributed by atoms with van der Waals surface area (Å²) in [7, 11) is 0. The van der Waals surface area contributed by atoms with Crippen molar-refractivity contribution in [1.29, 1.82) is 0 Å². The predicted octanol–water partition coefficient (Wildman–Crippen LogP) is 1.01. The molecule has 0 bridgehead atoms. The molecule has 2 aliphatic heterocycles. The van der Waals surface area contributed by atoms with Gasteiger partial charge in [0.05, 0.1) is 18.6 Å². The Balaban J connectivity index is 1.99. The van der Waals surface area contributed by atoms with E-state index in [1.807, 2.05) is 6.92 Å². The van der Waals surface area contributed by atoms with E-state index in [-0.39, 0.29) is 25.1 Å². The zero-order chi connectivity index (χ0) is 18.6. The Morgan fingerprint density at radius 2 is 2.08 bits per heavy atom. The van der Waals surface area contributed by atoms with E-state index >= 15 is 0 Å². The van der Waals surface area contributed by atoms with Crippen LogP contribution in [0.15, 0.2) is 0 Å². The summed E-state index contributed by atoms with van der Waals surface area (Å²) in [5, 5.41) is 3.11. The topological polar surface area (TPSA) is 61.9 Å². The van der Waals surface area contributed by atoms with Crippen molar-refractivity contribution >= 4 is 11.8 Å². The second-order valence-corrected chi connectivity index (χ2v) is 6.60. The van der Waals surface area contributed by atoms with Crippen LogP contribution in [0, 0.1) is 5.92 Å². The van der Waals surface area contributed by atoms with Gasteiger partial charge in [-0.25, -0.2) is 0 Å². The number of ether oxygens (including phenoxy) is 1. The first-order valence-electron chi connectivity index (χ1n) is 8.72. The van der Waals surface area contributed by atoms with Gasteiger partial charge in [0.15, 0.2) is 0 Å². The predicted molar refractivity (Wildman–Crippen MR) is 84.8 cm³/mol. The molecular weight excluding hydrogens is 339 g/mol. The minimum atomic E-state index is -4.42. The molecule has 3 atom stereocenters. The van der Waals surface area contributed by atoms with E-state index in [9.17, 15) is 22.8 Å². The molecule has 0 aliphatic carbocycles. The number of likely N-dealkylation sites (tertiary alicyclic amines) is 1. The molecule has 2 amide bonds. The average molecular weight is 365 g/mol. The Bertz CT molecular complexity index is 487. The number of carbonyl (C=O) groups excluding carboxylic acids is 2. The van der Waals surface area contributed by atoms with Crippen LogP contribution in [0.3, 0.4) is 0 Å². The Kier molecular flexibility index (Phi) is 6.67. The third-order valence-corrected chi connectivity index (χ3v) is 4.73. The fourth-order valence-corrected chi connectivity index (χ4v) is 3.41. The minimum Gasteiger partial charge on any atom is -0.375 e. The third-order valence-electron chi connectivity index (χ3n) is 4.73. The highest BCUT2D eigenvalue weighted by Gasteiger charge is 2.38. The normalized spacial score (nSPS) is 27.9. The van der Waals surface area contributed by atoms with Gasteiger partial charge in [0.1, 0.15) is 12.6 Å². The van der Waals surface area contributed by atoms with Gasteiger partial charge in [-0.2, -0.15) is 13.2 Å². The van der Waals surface area contributed by atoms with Gasteiger partial charge >= 0.3 is 6.18 Å². The summed E-state index contributed by atoms with van der Waals surface area (Å²) < 4.78 is 43.4. The number of piperidine rings is 1. The number of alkyl halides is 3. The monoisotopic (exact) mass is 365 g/mol. The van der Waals surface area contributed by atoms with E-state index in [1.54, 1.807) is 4.90 Å². The summed E-state index contributed by atoms with van der Waals surface area (Å²) in [6.45, 7) is 3.88. The first-order chi connectivity index (χ1) is 11.7. The molecule has 2 rings (SSSR count). The molecule has 0 saturated carbocycles. The van der Waals surface area contributed by atoms with E-state index in [1.165, 1.54) is 6.92 Å². The fraction of sp³-hybridized carbons (Fsp3) is 0.875. The zero-order valence-corrected chi connectivity index (χ0v) is 14.6. The minimum absolute atomic E-state index is 0.00214. The van der Waals surface area contributed by atoms with Gasteiger partial charge in [0, 0.05) is 26.2 Å². The van der Waals surface area contributed by atoms with Gasteiger partial charge in [-0.1, -0.05) is 0 Å². The zero-order valence-electron chi connectivity index (χ0n) is 14.6. The standard InChI is InChI=1S/C16H26F3N3O3/c1-3-21(10-16(17,18)19)14(23)12-5-4-7-22(9-12)15(24)13-11(2)25-8-6-20-13/h11-13,20H,3-10H2,1-2H3/t11-,12?,13+/m1/s1. The van der Waals surface area contributed by atoms with Crippen LogP contribution in [0.4, 0.5) is 13.2 Å². The van der Waals surface area contributed by atoms with Crippen molar-refractivity contribution in [2.75, 3.05) is 39.3 Å². The molecule has 2 saturated heterocycles. The molecule has 2 fully saturated rings. The summed E-state index contributed by atoms with van der Waals surface area (Å²) in [5.41, 5.74) is 0. The van der Waals surface area contributed by atoms with Crippen molar-refractivity contribution in [3.05, 3.63) is 0 Å². The van der Waals surface area contributed by atoms with Gasteiger partial charge in [0.2, 0.25) is 11.8 Å². The van der Waals surface area contributed by atoms with Crippen molar-refractivity contribution in [3.63, 3.8) is 0 Å². The van der Waals surface area contributed by atoms with Gasteiger partial charge in [0.25, 0.3) is 0 Å². The van der Waals surface area contributed by atoms with Crippen LogP contribution < -0.4 is 5.32 Å². The highest BCUT2D eigenvalue weighted by Crippen LogP contribution is 2.23. The molecule has 2 heterocycles. The van der Waals surface area contributed by atoms with Crippen LogP contribution in [0.25, 0.3) is 0 Å². The number of rotatable bonds is 4. The largest absolute Gasteiger partial charge is 0.406 e. The molecule has 0 spiro atoms. The Labute approximate surface area is 145 Å². The van der Waals surface area contributed by atoms with Crippen LogP contribution in [-0.2, 0) is 14.3 Å². The molecule has 1 unspecified atom stereocenters. The molecule has 9 heteroatoms. The van der Waals surface area contributed by atoms with Crippen LogP contribution >= 0.6 is 0 Å². The van der Waals surface area contributed by atoms with E-state index in [0.717, 1.165) is 4.90 Å². The third kappa shape index (κ3) is 5.31. The van der Waals surface area contributed by atoms with E-state index in [2.05, 4.69) is 5.32 Å². The lowest BCUT2D eigenvalue weighted by molar-refractivity contribution is -0.165. The molecular formula is C16H26F3N3O3. The van der Waals surface area contributed by atoms with Crippen molar-refractivity contribution < 1.29 is 27.5 Å². The number of amides is 2. The smallest absolute Gasteiger partial charge is 0.375 e. The van der Waals surface area contributed by atoms with E-state index in [0.29, 0.717) is 32.5 Å². The molecule has 0 radical (unpaired) electrons. The van der Waals surface area contributed by atoms with Crippen molar-refractivity contribution in [1.82, 2.24) is 15.1 Å². The maximum Gasteiger partial charge on any atom is 0.406 e. The van der Waals surface area contributed by atoms with E-state index < -0.39 is 30.6 Å². The molecule has 1 N–H and O–H groups in total. The van der Waals surface area contributed by atoms with Crippen LogP contribution in [0.2, 0.25) is 0 Å². The second kappa shape index (κ2) is 8.35. The van der Waals surface area contributed by atoms with Crippen LogP contribution in [0.1, 0.15) is 26.7 Å². The SMILES string of the molecule is CCN(CC(F)(F)F)C(=O)C1CCCN(C(=O)[C@H]2NCCO[C@@H]2C)C1. The fourth-order valence-electron chi connectivity index (χ4n) is 3.41. The van der Waals surface area contributed by atoms with Gasteiger partial charge in [-0.05, 0) is 26.7 Å². The molecule has 0 aromatic rings. The van der Waals surface area contributed by atoms with Gasteiger partial charge < -0.3 is 19.9 Å². The van der Waals surface area contributed by atoms with Gasteiger partial charge in [-0.15, -0.1) is 0 Å². The number of nitrogens with zero attached hydrogens (tertiary/aromatic N) is 2. The maximum atomic E-state index is 12.7. The van der Waals surface area contributed by atoms with Crippen LogP contribution in [-0.4, -0.2) is 79.3 Å². The average Bonchev–Trinajstić information content (AvgIpc) is 2.58. The Morgan fingerprint density at radius 3 is 2.68 bits per heavy atom. The number of carbonyl (C=O) groups is 2. The van der Waals surface area contributed by atoms with E-state index in [4.69, 9.17) is 4.74 Å². The van der Waals surface area contributed by atoms with Crippen molar-refractivity contribution in [3.8, 4) is 0 Å². The number of hydrogen-bond acceptors (Lipinski definition) is 4. The Hall–Kier alpha value is -1.35. The lowest BCUT2D eigenvalue weighted by atomic mass is 9.95. The maximum absolute atomic E-state index is 12.7. The van der Waals surface area contributed by atoms with Crippen LogP contribution in [0.5, 0.6) is 0 Å². The summed E-state index contributed by atoms with van der Waals surface area (Å²) in [4.78, 5) is 27.5. The highest BCUT2D eigenvalue weighted by atomic mass is 19.4. The molecule has 144 valence electrons. The highest BCUT2D eigenvalue weighted by molar-refractivity contribution is 5.84. The molecule has 0 aromatic heterocycles. The number of nitrogens with one attached hydrogen (secondary N) is 1. The summed E-state index contributed by atoms with van der Waals surface area (Å²) >= 11 is 0. The first-order valence-corrected chi connectivity index (χ1v) is 8.72. The Morgan fingerprint density at radius 1 is 1.36 bits per heavy atom. The molecule has 0 aromatic carbocycles. The molecule has 6 nitrogen and oxygen atoms in total. The second-order valence-electron chi connectivity index (χ2n) is 6.60. The van der Waals surface area contributed by atoms with Crippen molar-refractivity contribution in [2.45, 2.75) is 45.0 Å². The first kappa shape index (κ1) is 20.0. The summed E-state index contributed by atoms with van der Waals surface area (Å²) in [5.74, 6) is -1.26. The summed E-state index contributed by atoms with van der Waals surface area (Å²) in [6, 6.07) is -0.472. The van der Waals surface area contributed by atoms with Crippen molar-refractivity contribution in [2.24, 2.45) is 5.92 Å². The lowest BCUT2D eigenvalue weighted by Crippen LogP contribution is -2.58. The number of halogens is 3. The summed E-state index contributed by atoms with van der Waals surface area (Å²) in [6.07, 6.45) is -3.58. The molecule has 2 aliphatic rings. The van der Waals surface area contributed by atoms with Gasteiger partial charge in [-0.3, -0.25) is 9.59 Å². The number of hydrogen-bond donors (Lipinski definition) is 1.